The fourth-order valence-electron chi connectivity index (χ4n) is 2.96. The number of anilines is 1. The molecule has 0 spiro atoms. The smallest absolute Gasteiger partial charge is 0.250 e. The van der Waals surface area contributed by atoms with Crippen LogP contribution in [0.25, 0.3) is 17.3 Å². The molecule has 3 rings (SSSR count). The van der Waals surface area contributed by atoms with Gasteiger partial charge in [-0.3, -0.25) is 10.1 Å². The van der Waals surface area contributed by atoms with Crippen molar-refractivity contribution in [3.05, 3.63) is 64.5 Å². The number of carbonyl (C=O) groups is 1. The summed E-state index contributed by atoms with van der Waals surface area (Å²) in [6, 6.07) is 11.9. The molecule has 1 N–H and O–H groups in total. The third kappa shape index (κ3) is 5.48. The number of amides is 1. The summed E-state index contributed by atoms with van der Waals surface area (Å²) in [6.07, 6.45) is 3.23. The third-order valence-electron chi connectivity index (χ3n) is 4.40. The Kier molecular flexibility index (Phi) is 7.25. The predicted octanol–water partition coefficient (Wildman–Crippen LogP) is 5.88. The van der Waals surface area contributed by atoms with Crippen LogP contribution in [0.15, 0.2) is 47.9 Å². The molecular formula is C24H26N2O3S. The van der Waals surface area contributed by atoms with E-state index in [0.29, 0.717) is 29.8 Å². The van der Waals surface area contributed by atoms with Gasteiger partial charge in [-0.05, 0) is 63.1 Å². The maximum atomic E-state index is 12.3. The van der Waals surface area contributed by atoms with Gasteiger partial charge >= 0.3 is 0 Å². The molecule has 1 amide bonds. The maximum Gasteiger partial charge on any atom is 0.250 e. The summed E-state index contributed by atoms with van der Waals surface area (Å²) in [5, 5.41) is 5.37. The maximum absolute atomic E-state index is 12.3. The van der Waals surface area contributed by atoms with E-state index in [4.69, 9.17) is 9.47 Å². The van der Waals surface area contributed by atoms with Crippen LogP contribution >= 0.6 is 11.3 Å². The molecular weight excluding hydrogens is 396 g/mol. The molecule has 6 heteroatoms. The molecule has 1 aromatic heterocycles. The molecule has 0 radical (unpaired) electrons. The molecule has 156 valence electrons. The van der Waals surface area contributed by atoms with Crippen LogP contribution in [0.1, 0.15) is 30.5 Å². The van der Waals surface area contributed by atoms with E-state index >= 15 is 0 Å². The molecule has 0 atom stereocenters. The number of ether oxygens (including phenoxy) is 2. The Labute approximate surface area is 181 Å². The van der Waals surface area contributed by atoms with Crippen molar-refractivity contribution in [3.63, 3.8) is 0 Å². The summed E-state index contributed by atoms with van der Waals surface area (Å²) in [5.74, 6) is 1.13. The number of carbonyl (C=O) groups excluding carboxylic acids is 1. The Morgan fingerprint density at radius 2 is 1.83 bits per heavy atom. The molecule has 3 aromatic rings. The first-order valence-corrected chi connectivity index (χ1v) is 10.8. The van der Waals surface area contributed by atoms with Crippen molar-refractivity contribution in [1.29, 1.82) is 0 Å². The zero-order chi connectivity index (χ0) is 21.5. The minimum atomic E-state index is -0.233. The number of aryl methyl sites for hydroxylation is 2. The van der Waals surface area contributed by atoms with Gasteiger partial charge in [0.25, 0.3) is 0 Å². The molecule has 0 aliphatic heterocycles. The third-order valence-corrected chi connectivity index (χ3v) is 5.16. The molecule has 5 nitrogen and oxygen atoms in total. The Morgan fingerprint density at radius 3 is 2.60 bits per heavy atom. The van der Waals surface area contributed by atoms with Crippen LogP contribution in [0.3, 0.4) is 0 Å². The van der Waals surface area contributed by atoms with Crippen LogP contribution in [0, 0.1) is 13.8 Å². The predicted molar refractivity (Wildman–Crippen MR) is 123 cm³/mol. The average Bonchev–Trinajstić information content (AvgIpc) is 3.18. The summed E-state index contributed by atoms with van der Waals surface area (Å²) in [5.41, 5.74) is 5.14. The van der Waals surface area contributed by atoms with Crippen molar-refractivity contribution >= 4 is 28.5 Å². The average molecular weight is 423 g/mol. The van der Waals surface area contributed by atoms with Crippen molar-refractivity contribution in [1.82, 2.24) is 4.98 Å². The second-order valence-corrected chi connectivity index (χ2v) is 7.61. The molecule has 0 saturated heterocycles. The summed E-state index contributed by atoms with van der Waals surface area (Å²) in [4.78, 5) is 16.9. The quantitative estimate of drug-likeness (QED) is 0.461. The van der Waals surface area contributed by atoms with Crippen molar-refractivity contribution < 1.29 is 14.3 Å². The standard InChI is InChI=1S/C24H26N2O3S/c1-5-28-21-11-9-18(14-22(21)29-6-2)10-12-23(27)26-24-25-20(15-30-24)19-13-16(3)7-8-17(19)4/h7-15H,5-6H2,1-4H3,(H,25,26,27). The lowest BCUT2D eigenvalue weighted by Gasteiger charge is -2.11. The van der Waals surface area contributed by atoms with Crippen LogP contribution in [-0.2, 0) is 4.79 Å². The van der Waals surface area contributed by atoms with Gasteiger partial charge in [0.1, 0.15) is 0 Å². The number of nitrogens with one attached hydrogen (secondary N) is 1. The van der Waals surface area contributed by atoms with E-state index in [1.165, 1.54) is 23.0 Å². The highest BCUT2D eigenvalue weighted by atomic mass is 32.1. The molecule has 1 heterocycles. The highest BCUT2D eigenvalue weighted by Gasteiger charge is 2.09. The first-order chi connectivity index (χ1) is 14.5. The molecule has 0 fully saturated rings. The second-order valence-electron chi connectivity index (χ2n) is 6.75. The number of thiazole rings is 1. The normalized spacial score (nSPS) is 10.9. The fraction of sp³-hybridized carbons (Fsp3) is 0.250. The number of rotatable bonds is 8. The lowest BCUT2D eigenvalue weighted by molar-refractivity contribution is -0.111. The first-order valence-electron chi connectivity index (χ1n) is 9.92. The van der Waals surface area contributed by atoms with Gasteiger partial charge in [-0.15, -0.1) is 11.3 Å². The lowest BCUT2D eigenvalue weighted by Crippen LogP contribution is -2.07. The molecule has 0 bridgehead atoms. The van der Waals surface area contributed by atoms with Crippen LogP contribution in [-0.4, -0.2) is 24.1 Å². The number of hydrogen-bond donors (Lipinski definition) is 1. The number of benzene rings is 2. The monoisotopic (exact) mass is 422 g/mol. The topological polar surface area (TPSA) is 60.5 Å². The first kappa shape index (κ1) is 21.6. The van der Waals surface area contributed by atoms with Crippen molar-refractivity contribution in [2.75, 3.05) is 18.5 Å². The van der Waals surface area contributed by atoms with Gasteiger partial charge in [0.15, 0.2) is 16.6 Å². The van der Waals surface area contributed by atoms with E-state index in [9.17, 15) is 4.79 Å². The zero-order valence-electron chi connectivity index (χ0n) is 17.7. The van der Waals surface area contributed by atoms with Crippen LogP contribution in [0.2, 0.25) is 0 Å². The summed E-state index contributed by atoms with van der Waals surface area (Å²) >= 11 is 1.41. The molecule has 0 aliphatic carbocycles. The zero-order valence-corrected chi connectivity index (χ0v) is 18.5. The van der Waals surface area contributed by atoms with Gasteiger partial charge < -0.3 is 9.47 Å². The largest absolute Gasteiger partial charge is 0.490 e. The van der Waals surface area contributed by atoms with E-state index < -0.39 is 0 Å². The summed E-state index contributed by atoms with van der Waals surface area (Å²) in [7, 11) is 0. The fourth-order valence-corrected chi connectivity index (χ4v) is 3.67. The lowest BCUT2D eigenvalue weighted by atomic mass is 10.0. The Morgan fingerprint density at radius 1 is 1.07 bits per heavy atom. The van der Waals surface area contributed by atoms with Gasteiger partial charge in [0, 0.05) is 17.0 Å². The van der Waals surface area contributed by atoms with Crippen LogP contribution < -0.4 is 14.8 Å². The van der Waals surface area contributed by atoms with E-state index in [0.717, 1.165) is 22.4 Å². The molecule has 2 aromatic carbocycles. The van der Waals surface area contributed by atoms with E-state index in [2.05, 4.69) is 42.3 Å². The highest BCUT2D eigenvalue weighted by Crippen LogP contribution is 2.30. The number of aromatic nitrogens is 1. The minimum Gasteiger partial charge on any atom is -0.490 e. The van der Waals surface area contributed by atoms with Gasteiger partial charge in [-0.25, -0.2) is 4.98 Å². The van der Waals surface area contributed by atoms with Gasteiger partial charge in [-0.2, -0.15) is 0 Å². The van der Waals surface area contributed by atoms with Gasteiger partial charge in [-0.1, -0.05) is 23.8 Å². The van der Waals surface area contributed by atoms with Crippen molar-refractivity contribution in [2.24, 2.45) is 0 Å². The minimum absolute atomic E-state index is 0.233. The second kappa shape index (κ2) is 10.1. The van der Waals surface area contributed by atoms with E-state index in [1.54, 1.807) is 6.08 Å². The Bertz CT molecular complexity index is 1060. The van der Waals surface area contributed by atoms with E-state index in [1.807, 2.05) is 37.4 Å². The molecule has 0 saturated carbocycles. The van der Waals surface area contributed by atoms with Gasteiger partial charge in [0.2, 0.25) is 5.91 Å². The van der Waals surface area contributed by atoms with Crippen LogP contribution in [0.5, 0.6) is 11.5 Å². The molecule has 0 aliphatic rings. The highest BCUT2D eigenvalue weighted by molar-refractivity contribution is 7.14. The van der Waals surface area contributed by atoms with Gasteiger partial charge in [0.05, 0.1) is 18.9 Å². The number of nitrogens with zero attached hydrogens (tertiary/aromatic N) is 1. The van der Waals surface area contributed by atoms with Crippen molar-refractivity contribution in [2.45, 2.75) is 27.7 Å². The van der Waals surface area contributed by atoms with E-state index in [-0.39, 0.29) is 5.91 Å². The molecule has 30 heavy (non-hydrogen) atoms. The van der Waals surface area contributed by atoms with Crippen molar-refractivity contribution in [3.8, 4) is 22.8 Å². The Hall–Kier alpha value is -3.12. The Balaban J connectivity index is 1.69. The van der Waals surface area contributed by atoms with Crippen LogP contribution in [0.4, 0.5) is 5.13 Å². The molecule has 0 unspecified atom stereocenters. The summed E-state index contributed by atoms with van der Waals surface area (Å²) in [6.45, 7) is 9.07. The number of hydrogen-bond acceptors (Lipinski definition) is 5. The SMILES string of the molecule is CCOc1ccc(C=CC(=O)Nc2nc(-c3cc(C)ccc3C)cs2)cc1OCC. The summed E-state index contributed by atoms with van der Waals surface area (Å²) < 4.78 is 11.2.